The third kappa shape index (κ3) is 2.39. The number of likely N-dealkylation sites (N-methyl/N-ethyl adjacent to an activating group) is 1. The van der Waals surface area contributed by atoms with Gasteiger partial charge < -0.3 is 10.1 Å². The average Bonchev–Trinajstić information content (AvgIpc) is 2.68. The van der Waals surface area contributed by atoms with E-state index in [9.17, 15) is 0 Å². The number of para-hydroxylation sites is 1. The molecule has 2 atom stereocenters. The highest BCUT2D eigenvalue weighted by Gasteiger charge is 2.34. The van der Waals surface area contributed by atoms with E-state index in [0.29, 0.717) is 18.1 Å². The van der Waals surface area contributed by atoms with Crippen molar-refractivity contribution in [2.24, 2.45) is 0 Å². The van der Waals surface area contributed by atoms with E-state index in [0.717, 1.165) is 25.1 Å². The molecule has 1 N–H and O–H groups in total. The number of hydrogen-bond acceptors (Lipinski definition) is 2. The summed E-state index contributed by atoms with van der Waals surface area (Å²) in [6, 6.07) is 6.94. The van der Waals surface area contributed by atoms with Gasteiger partial charge in [-0.1, -0.05) is 52.3 Å². The van der Waals surface area contributed by atoms with Crippen LogP contribution in [0.5, 0.6) is 5.75 Å². The zero-order valence-electron chi connectivity index (χ0n) is 12.0. The van der Waals surface area contributed by atoms with Crippen molar-refractivity contribution >= 4 is 0 Å². The quantitative estimate of drug-likeness (QED) is 0.848. The summed E-state index contributed by atoms with van der Waals surface area (Å²) in [5.41, 5.74) is 2.69. The third-order valence-corrected chi connectivity index (χ3v) is 3.67. The highest BCUT2D eigenvalue weighted by atomic mass is 16.5. The molecule has 0 bridgehead atoms. The maximum Gasteiger partial charge on any atom is 0.128 e. The van der Waals surface area contributed by atoms with E-state index in [4.69, 9.17) is 4.74 Å². The van der Waals surface area contributed by atoms with Gasteiger partial charge in [-0.05, 0) is 24.4 Å². The summed E-state index contributed by atoms with van der Waals surface area (Å²) < 4.78 is 6.24. The Balaban J connectivity index is 2.35. The molecule has 2 unspecified atom stereocenters. The molecule has 1 heterocycles. The molecule has 100 valence electrons. The second-order valence-corrected chi connectivity index (χ2v) is 5.40. The Morgan fingerprint density at radius 2 is 2.06 bits per heavy atom. The topological polar surface area (TPSA) is 21.3 Å². The number of ether oxygens (including phenoxy) is 1. The molecule has 0 saturated heterocycles. The van der Waals surface area contributed by atoms with Gasteiger partial charge in [-0.2, -0.15) is 0 Å². The first-order valence-corrected chi connectivity index (χ1v) is 7.21. The van der Waals surface area contributed by atoms with Crippen LogP contribution < -0.4 is 10.1 Å². The Kier molecular flexibility index (Phi) is 4.28. The molecule has 1 aliphatic rings. The molecule has 2 rings (SSSR count). The molecule has 0 radical (unpaired) electrons. The van der Waals surface area contributed by atoms with Crippen LogP contribution in [0.15, 0.2) is 18.2 Å². The van der Waals surface area contributed by atoms with Crippen LogP contribution in [0.2, 0.25) is 0 Å². The van der Waals surface area contributed by atoms with Crippen LogP contribution in [0.3, 0.4) is 0 Å². The zero-order valence-corrected chi connectivity index (χ0v) is 12.0. The highest BCUT2D eigenvalue weighted by Crippen LogP contribution is 2.42. The molecule has 0 amide bonds. The molecule has 1 aromatic rings. The van der Waals surface area contributed by atoms with Gasteiger partial charge in [0.1, 0.15) is 11.9 Å². The molecule has 1 aliphatic heterocycles. The first kappa shape index (κ1) is 13.4. The summed E-state index contributed by atoms with van der Waals surface area (Å²) in [5, 5.41) is 3.58. The monoisotopic (exact) mass is 247 g/mol. The molecule has 0 aromatic heterocycles. The van der Waals surface area contributed by atoms with Crippen LogP contribution in [-0.4, -0.2) is 12.6 Å². The van der Waals surface area contributed by atoms with Crippen molar-refractivity contribution in [3.05, 3.63) is 29.3 Å². The standard InChI is InChI=1S/C16H25NO/c1-5-8-14-15(17-6-2)13-10-7-9-12(11(3)4)16(13)18-14/h7,9-11,14-15,17H,5-6,8H2,1-4H3. The first-order valence-electron chi connectivity index (χ1n) is 7.21. The molecule has 2 nitrogen and oxygen atoms in total. The number of rotatable bonds is 5. The van der Waals surface area contributed by atoms with Crippen LogP contribution in [0, 0.1) is 0 Å². The van der Waals surface area contributed by atoms with Gasteiger partial charge in [0, 0.05) is 5.56 Å². The maximum absolute atomic E-state index is 6.24. The van der Waals surface area contributed by atoms with Crippen LogP contribution >= 0.6 is 0 Å². The van der Waals surface area contributed by atoms with Crippen molar-refractivity contribution in [2.45, 2.75) is 58.6 Å². The van der Waals surface area contributed by atoms with E-state index in [1.807, 2.05) is 0 Å². The summed E-state index contributed by atoms with van der Waals surface area (Å²) in [5.74, 6) is 1.65. The minimum absolute atomic E-state index is 0.296. The molecule has 0 fully saturated rings. The Morgan fingerprint density at radius 1 is 1.28 bits per heavy atom. The van der Waals surface area contributed by atoms with Gasteiger partial charge in [0.2, 0.25) is 0 Å². The second-order valence-electron chi connectivity index (χ2n) is 5.40. The highest BCUT2D eigenvalue weighted by molar-refractivity contribution is 5.48. The summed E-state index contributed by atoms with van der Waals surface area (Å²) in [6.07, 6.45) is 2.58. The van der Waals surface area contributed by atoms with Gasteiger partial charge in [-0.25, -0.2) is 0 Å². The zero-order chi connectivity index (χ0) is 13.1. The summed E-state index contributed by atoms with van der Waals surface area (Å²) in [7, 11) is 0. The normalized spacial score (nSPS) is 22.1. The number of benzene rings is 1. The summed E-state index contributed by atoms with van der Waals surface area (Å²) in [4.78, 5) is 0. The van der Waals surface area contributed by atoms with Crippen molar-refractivity contribution in [2.75, 3.05) is 6.54 Å². The lowest BCUT2D eigenvalue weighted by atomic mass is 9.95. The van der Waals surface area contributed by atoms with E-state index < -0.39 is 0 Å². The number of nitrogens with one attached hydrogen (secondary N) is 1. The Labute approximate surface area is 111 Å². The smallest absolute Gasteiger partial charge is 0.128 e. The predicted molar refractivity (Wildman–Crippen MR) is 76.3 cm³/mol. The summed E-state index contributed by atoms with van der Waals surface area (Å²) >= 11 is 0. The Bertz CT molecular complexity index is 400. The molecule has 0 aliphatic carbocycles. The molecule has 1 aromatic carbocycles. The largest absolute Gasteiger partial charge is 0.488 e. The summed E-state index contributed by atoms with van der Waals surface area (Å²) in [6.45, 7) is 9.83. The molecule has 0 saturated carbocycles. The van der Waals surface area contributed by atoms with Gasteiger partial charge in [0.25, 0.3) is 0 Å². The maximum atomic E-state index is 6.24. The van der Waals surface area contributed by atoms with Crippen LogP contribution in [0.4, 0.5) is 0 Å². The van der Waals surface area contributed by atoms with Crippen molar-refractivity contribution in [3.63, 3.8) is 0 Å². The predicted octanol–water partition coefficient (Wildman–Crippen LogP) is 4.02. The molecular formula is C16H25NO. The fraction of sp³-hybridized carbons (Fsp3) is 0.625. The van der Waals surface area contributed by atoms with Crippen molar-refractivity contribution < 1.29 is 4.74 Å². The van der Waals surface area contributed by atoms with Crippen LogP contribution in [0.1, 0.15) is 63.6 Å². The lowest BCUT2D eigenvalue weighted by molar-refractivity contribution is 0.177. The van der Waals surface area contributed by atoms with Crippen LogP contribution in [-0.2, 0) is 0 Å². The van der Waals surface area contributed by atoms with Gasteiger partial charge in [0.05, 0.1) is 6.04 Å². The molecule has 2 heteroatoms. The fourth-order valence-electron chi connectivity index (χ4n) is 2.80. The Hall–Kier alpha value is -1.02. The van der Waals surface area contributed by atoms with Crippen molar-refractivity contribution in [3.8, 4) is 5.75 Å². The fourth-order valence-corrected chi connectivity index (χ4v) is 2.80. The molecule has 18 heavy (non-hydrogen) atoms. The third-order valence-electron chi connectivity index (χ3n) is 3.67. The van der Waals surface area contributed by atoms with Crippen molar-refractivity contribution in [1.29, 1.82) is 0 Å². The van der Waals surface area contributed by atoms with Gasteiger partial charge in [-0.15, -0.1) is 0 Å². The van der Waals surface area contributed by atoms with Crippen molar-refractivity contribution in [1.82, 2.24) is 5.32 Å². The first-order chi connectivity index (χ1) is 8.69. The minimum Gasteiger partial charge on any atom is -0.488 e. The van der Waals surface area contributed by atoms with E-state index in [1.54, 1.807) is 0 Å². The van der Waals surface area contributed by atoms with Gasteiger partial charge in [0.15, 0.2) is 0 Å². The second kappa shape index (κ2) is 5.75. The number of hydrogen-bond donors (Lipinski definition) is 1. The molecule has 0 spiro atoms. The Morgan fingerprint density at radius 3 is 2.67 bits per heavy atom. The van der Waals surface area contributed by atoms with Crippen LogP contribution in [0.25, 0.3) is 0 Å². The van der Waals surface area contributed by atoms with E-state index in [2.05, 4.69) is 51.2 Å². The van der Waals surface area contributed by atoms with Gasteiger partial charge >= 0.3 is 0 Å². The SMILES string of the molecule is CCCC1Oc2c(C(C)C)cccc2C1NCC. The lowest BCUT2D eigenvalue weighted by Crippen LogP contribution is -2.30. The minimum atomic E-state index is 0.296. The lowest BCUT2D eigenvalue weighted by Gasteiger charge is -2.19. The number of fused-ring (bicyclic) bond motifs is 1. The molecular weight excluding hydrogens is 222 g/mol. The van der Waals surface area contributed by atoms with E-state index in [-0.39, 0.29) is 0 Å². The van der Waals surface area contributed by atoms with Gasteiger partial charge in [-0.3, -0.25) is 0 Å². The average molecular weight is 247 g/mol. The van der Waals surface area contributed by atoms with E-state index >= 15 is 0 Å². The van der Waals surface area contributed by atoms with E-state index in [1.165, 1.54) is 11.1 Å².